The molecular weight excluding hydrogens is 361 g/mol. The van der Waals surface area contributed by atoms with Gasteiger partial charge in [0.05, 0.1) is 6.42 Å². The SMILES string of the molecule is Cc1csc(C(O)(CC(=O)Nc2ccc3c(c2)OCO3)C(F)(F)F)n1. The number of nitrogens with one attached hydrogen (secondary N) is 1. The minimum absolute atomic E-state index is 0.0317. The van der Waals surface area contributed by atoms with Gasteiger partial charge < -0.3 is 19.9 Å². The lowest BCUT2D eigenvalue weighted by molar-refractivity contribution is -0.266. The number of hydrogen-bond acceptors (Lipinski definition) is 6. The molecule has 1 aliphatic heterocycles. The molecule has 0 spiro atoms. The van der Waals surface area contributed by atoms with E-state index < -0.39 is 29.1 Å². The van der Waals surface area contributed by atoms with Crippen molar-refractivity contribution in [1.82, 2.24) is 4.98 Å². The van der Waals surface area contributed by atoms with Crippen LogP contribution in [0.1, 0.15) is 17.1 Å². The van der Waals surface area contributed by atoms with Gasteiger partial charge in [-0.2, -0.15) is 13.2 Å². The number of aryl methyl sites for hydroxylation is 1. The number of nitrogens with zero attached hydrogens (tertiary/aromatic N) is 1. The quantitative estimate of drug-likeness (QED) is 0.860. The van der Waals surface area contributed by atoms with Gasteiger partial charge in [-0.15, -0.1) is 11.3 Å². The van der Waals surface area contributed by atoms with Crippen LogP contribution < -0.4 is 14.8 Å². The summed E-state index contributed by atoms with van der Waals surface area (Å²) in [5.41, 5.74) is -2.79. The first-order valence-electron chi connectivity index (χ1n) is 7.10. The summed E-state index contributed by atoms with van der Waals surface area (Å²) < 4.78 is 50.4. The maximum Gasteiger partial charge on any atom is 0.424 e. The Kier molecular flexibility index (Phi) is 4.33. The number of benzene rings is 1. The summed E-state index contributed by atoms with van der Waals surface area (Å²) in [6, 6.07) is 4.42. The monoisotopic (exact) mass is 374 g/mol. The van der Waals surface area contributed by atoms with Gasteiger partial charge in [-0.1, -0.05) is 0 Å². The van der Waals surface area contributed by atoms with Crippen molar-refractivity contribution < 1.29 is 32.5 Å². The minimum atomic E-state index is -5.05. The second kappa shape index (κ2) is 6.19. The predicted molar refractivity (Wildman–Crippen MR) is 82.6 cm³/mol. The standard InChI is InChI=1S/C15H13F3N2O4S/c1-8-6-25-13(19-8)14(22,15(16,17)18)5-12(21)20-9-2-3-10-11(4-9)24-7-23-10/h2-4,6,22H,5,7H2,1H3,(H,20,21). The van der Waals surface area contributed by atoms with Crippen molar-refractivity contribution >= 4 is 22.9 Å². The number of thiazole rings is 1. The van der Waals surface area contributed by atoms with Crippen molar-refractivity contribution in [3.05, 3.63) is 34.3 Å². The number of halogens is 3. The van der Waals surface area contributed by atoms with E-state index in [0.29, 0.717) is 28.5 Å². The van der Waals surface area contributed by atoms with Crippen molar-refractivity contribution in [2.24, 2.45) is 0 Å². The maximum atomic E-state index is 13.4. The second-order valence-electron chi connectivity index (χ2n) is 5.45. The molecule has 0 fully saturated rings. The van der Waals surface area contributed by atoms with E-state index in [2.05, 4.69) is 10.3 Å². The smallest absolute Gasteiger partial charge is 0.424 e. The number of amides is 1. The Morgan fingerprint density at radius 1 is 1.36 bits per heavy atom. The lowest BCUT2D eigenvalue weighted by Gasteiger charge is -2.27. The van der Waals surface area contributed by atoms with Crippen LogP contribution in [0.2, 0.25) is 0 Å². The molecule has 134 valence electrons. The second-order valence-corrected chi connectivity index (χ2v) is 6.30. The van der Waals surface area contributed by atoms with Crippen LogP contribution in [0.15, 0.2) is 23.6 Å². The van der Waals surface area contributed by atoms with E-state index in [1.165, 1.54) is 30.5 Å². The zero-order chi connectivity index (χ0) is 18.2. The van der Waals surface area contributed by atoms with Crippen LogP contribution in [0.5, 0.6) is 11.5 Å². The number of aromatic nitrogens is 1. The van der Waals surface area contributed by atoms with Crippen molar-refractivity contribution in [1.29, 1.82) is 0 Å². The lowest BCUT2D eigenvalue weighted by Crippen LogP contribution is -2.45. The third kappa shape index (κ3) is 3.40. The number of anilines is 1. The van der Waals surface area contributed by atoms with Gasteiger partial charge in [0.1, 0.15) is 5.01 Å². The van der Waals surface area contributed by atoms with Crippen LogP contribution in [-0.2, 0) is 10.4 Å². The number of aliphatic hydroxyl groups is 1. The molecule has 6 nitrogen and oxygen atoms in total. The molecule has 1 atom stereocenters. The first-order chi connectivity index (χ1) is 11.7. The zero-order valence-corrected chi connectivity index (χ0v) is 13.7. The van der Waals surface area contributed by atoms with E-state index in [0.717, 1.165) is 0 Å². The van der Waals surface area contributed by atoms with Crippen LogP contribution in [0.3, 0.4) is 0 Å². The first-order valence-corrected chi connectivity index (χ1v) is 7.98. The van der Waals surface area contributed by atoms with Crippen molar-refractivity contribution in [2.75, 3.05) is 12.1 Å². The number of carbonyl (C=O) groups is 1. The van der Waals surface area contributed by atoms with Gasteiger partial charge in [0.2, 0.25) is 18.3 Å². The molecule has 0 radical (unpaired) electrons. The number of alkyl halides is 3. The summed E-state index contributed by atoms with van der Waals surface area (Å²) in [6.07, 6.45) is -6.26. The normalized spacial score (nSPS) is 15.7. The molecule has 25 heavy (non-hydrogen) atoms. The van der Waals surface area contributed by atoms with Gasteiger partial charge >= 0.3 is 6.18 Å². The van der Waals surface area contributed by atoms with Crippen LogP contribution in [-0.4, -0.2) is 29.0 Å². The first kappa shape index (κ1) is 17.5. The van der Waals surface area contributed by atoms with E-state index in [-0.39, 0.29) is 12.5 Å². The van der Waals surface area contributed by atoms with E-state index in [1.54, 1.807) is 0 Å². The van der Waals surface area contributed by atoms with E-state index in [4.69, 9.17) is 9.47 Å². The fourth-order valence-electron chi connectivity index (χ4n) is 2.25. The Hall–Kier alpha value is -2.33. The molecule has 10 heteroatoms. The summed E-state index contributed by atoms with van der Waals surface area (Å²) >= 11 is 0.650. The molecule has 0 saturated heterocycles. The van der Waals surface area contributed by atoms with Gasteiger partial charge in [-0.25, -0.2) is 4.98 Å². The molecule has 1 amide bonds. The number of hydrogen-bond donors (Lipinski definition) is 2. The highest BCUT2D eigenvalue weighted by Gasteiger charge is 2.58. The molecule has 0 bridgehead atoms. The average Bonchev–Trinajstić information content (AvgIpc) is 3.14. The summed E-state index contributed by atoms with van der Waals surface area (Å²) in [7, 11) is 0. The van der Waals surface area contributed by atoms with Gasteiger partial charge in [0, 0.05) is 22.8 Å². The molecular formula is C15H13F3N2O4S. The molecule has 2 N–H and O–H groups in total. The van der Waals surface area contributed by atoms with Crippen LogP contribution in [0, 0.1) is 6.92 Å². The van der Waals surface area contributed by atoms with Gasteiger partial charge in [-0.05, 0) is 19.1 Å². The third-order valence-corrected chi connectivity index (χ3v) is 4.63. The molecule has 2 heterocycles. The number of fused-ring (bicyclic) bond motifs is 1. The molecule has 1 unspecified atom stereocenters. The summed E-state index contributed by atoms with van der Waals surface area (Å²) in [5.74, 6) is -0.158. The summed E-state index contributed by atoms with van der Waals surface area (Å²) in [6.45, 7) is 1.54. The maximum absolute atomic E-state index is 13.4. The van der Waals surface area contributed by atoms with Crippen molar-refractivity contribution in [2.45, 2.75) is 25.1 Å². The van der Waals surface area contributed by atoms with Crippen molar-refractivity contribution in [3.8, 4) is 11.5 Å². The number of carbonyl (C=O) groups excluding carboxylic acids is 1. The Labute approximate surface area is 144 Å². The van der Waals surface area contributed by atoms with Crippen LogP contribution in [0.25, 0.3) is 0 Å². The van der Waals surface area contributed by atoms with E-state index in [1.807, 2.05) is 0 Å². The van der Waals surface area contributed by atoms with Crippen LogP contribution >= 0.6 is 11.3 Å². The zero-order valence-electron chi connectivity index (χ0n) is 12.9. The highest BCUT2D eigenvalue weighted by molar-refractivity contribution is 7.09. The third-order valence-electron chi connectivity index (χ3n) is 3.51. The van der Waals surface area contributed by atoms with Gasteiger partial charge in [0.25, 0.3) is 0 Å². The average molecular weight is 374 g/mol. The minimum Gasteiger partial charge on any atom is -0.454 e. The van der Waals surface area contributed by atoms with E-state index in [9.17, 15) is 23.1 Å². The predicted octanol–water partition coefficient (Wildman–Crippen LogP) is 2.96. The lowest BCUT2D eigenvalue weighted by atomic mass is 9.99. The topological polar surface area (TPSA) is 80.7 Å². The molecule has 1 aliphatic rings. The molecule has 1 aromatic carbocycles. The van der Waals surface area contributed by atoms with Gasteiger partial charge in [0.15, 0.2) is 11.5 Å². The molecule has 0 saturated carbocycles. The van der Waals surface area contributed by atoms with E-state index >= 15 is 0 Å². The summed E-state index contributed by atoms with van der Waals surface area (Å²) in [5, 5.41) is 13.3. The highest BCUT2D eigenvalue weighted by Crippen LogP contribution is 2.43. The number of ether oxygens (including phenoxy) is 2. The molecule has 2 aromatic rings. The fourth-order valence-corrected chi connectivity index (χ4v) is 3.17. The molecule has 1 aromatic heterocycles. The Morgan fingerprint density at radius 3 is 2.72 bits per heavy atom. The summed E-state index contributed by atoms with van der Waals surface area (Å²) in [4.78, 5) is 15.8. The fraction of sp³-hybridized carbons (Fsp3) is 0.333. The Balaban J connectivity index is 1.79. The highest BCUT2D eigenvalue weighted by atomic mass is 32.1. The Bertz CT molecular complexity index is 808. The largest absolute Gasteiger partial charge is 0.454 e. The molecule has 0 aliphatic carbocycles. The van der Waals surface area contributed by atoms with Crippen molar-refractivity contribution in [3.63, 3.8) is 0 Å². The van der Waals surface area contributed by atoms with Gasteiger partial charge in [-0.3, -0.25) is 4.79 Å². The number of rotatable bonds is 4. The molecule has 3 rings (SSSR count). The van der Waals surface area contributed by atoms with Crippen LogP contribution in [0.4, 0.5) is 18.9 Å². The Morgan fingerprint density at radius 2 is 2.08 bits per heavy atom.